The molecule has 0 bridgehead atoms. The van der Waals surface area contributed by atoms with Gasteiger partial charge < -0.3 is 9.64 Å². The number of halogens is 3. The van der Waals surface area contributed by atoms with E-state index >= 15 is 0 Å². The maximum absolute atomic E-state index is 13.7. The number of carbonyl (C=O) groups is 2. The molecule has 0 radical (unpaired) electrons. The Labute approximate surface area is 222 Å². The van der Waals surface area contributed by atoms with E-state index < -0.39 is 17.3 Å². The van der Waals surface area contributed by atoms with Crippen molar-refractivity contribution in [3.8, 4) is 0 Å². The molecule has 2 atom stereocenters. The molecule has 2 aromatic carbocycles. The van der Waals surface area contributed by atoms with Crippen molar-refractivity contribution in [2.24, 2.45) is 11.8 Å². The van der Waals surface area contributed by atoms with Crippen molar-refractivity contribution in [2.75, 3.05) is 31.1 Å². The second kappa shape index (κ2) is 11.1. The number of esters is 1. The third-order valence-corrected chi connectivity index (χ3v) is 7.50. The summed E-state index contributed by atoms with van der Waals surface area (Å²) in [6, 6.07) is 13.9. The summed E-state index contributed by atoms with van der Waals surface area (Å²) in [6.45, 7) is 9.77. The summed E-state index contributed by atoms with van der Waals surface area (Å²) >= 11 is 0. The predicted molar refractivity (Wildman–Crippen MR) is 141 cm³/mol. The fraction of sp³-hybridized carbons (Fsp3) is 0.533. The molecule has 2 fully saturated rings. The summed E-state index contributed by atoms with van der Waals surface area (Å²) in [6.07, 6.45) is -3.46. The zero-order valence-corrected chi connectivity index (χ0v) is 22.6. The minimum absolute atomic E-state index is 0.0417. The van der Waals surface area contributed by atoms with Crippen LogP contribution in [0.1, 0.15) is 63.1 Å². The van der Waals surface area contributed by atoms with Gasteiger partial charge in [0.05, 0.1) is 11.5 Å². The summed E-state index contributed by atoms with van der Waals surface area (Å²) < 4.78 is 46.7. The number of carbonyl (C=O) groups excluding carboxylic acids is 2. The molecule has 0 saturated carbocycles. The molecule has 2 aromatic rings. The van der Waals surface area contributed by atoms with Gasteiger partial charge in [0.15, 0.2) is 0 Å². The molecule has 0 aliphatic carbocycles. The number of ketones is 1. The molecule has 206 valence electrons. The molecule has 0 aromatic heterocycles. The normalized spacial score (nSPS) is 21.5. The molecule has 0 spiro atoms. The molecule has 2 saturated heterocycles. The average molecular weight is 531 g/mol. The minimum Gasteiger partial charge on any atom is -0.460 e. The van der Waals surface area contributed by atoms with E-state index in [1.807, 2.05) is 56.0 Å². The van der Waals surface area contributed by atoms with Crippen LogP contribution in [-0.2, 0) is 27.0 Å². The molecular weight excluding hydrogens is 493 g/mol. The lowest BCUT2D eigenvalue weighted by atomic mass is 9.84. The van der Waals surface area contributed by atoms with Crippen molar-refractivity contribution in [3.63, 3.8) is 0 Å². The van der Waals surface area contributed by atoms with Crippen LogP contribution in [0.3, 0.4) is 0 Å². The number of benzene rings is 2. The first-order chi connectivity index (χ1) is 17.8. The molecule has 2 unspecified atom stereocenters. The first-order valence-corrected chi connectivity index (χ1v) is 13.3. The molecule has 2 aliphatic rings. The molecular formula is C30H37F3N2O3. The van der Waals surface area contributed by atoms with Crippen molar-refractivity contribution < 1.29 is 27.5 Å². The number of likely N-dealkylation sites (tertiary alicyclic amines) is 1. The van der Waals surface area contributed by atoms with E-state index in [4.69, 9.17) is 4.74 Å². The van der Waals surface area contributed by atoms with Gasteiger partial charge in [0.1, 0.15) is 11.4 Å². The van der Waals surface area contributed by atoms with Gasteiger partial charge in [0.2, 0.25) is 0 Å². The lowest BCUT2D eigenvalue weighted by Gasteiger charge is -2.36. The highest BCUT2D eigenvalue weighted by atomic mass is 19.4. The molecule has 38 heavy (non-hydrogen) atoms. The fourth-order valence-corrected chi connectivity index (χ4v) is 5.63. The molecule has 2 heterocycles. The third kappa shape index (κ3) is 6.76. The van der Waals surface area contributed by atoms with E-state index in [0.29, 0.717) is 51.3 Å². The lowest BCUT2D eigenvalue weighted by Crippen LogP contribution is -2.39. The van der Waals surface area contributed by atoms with Gasteiger partial charge in [-0.15, -0.1) is 0 Å². The van der Waals surface area contributed by atoms with Crippen LogP contribution in [0.25, 0.3) is 0 Å². The monoisotopic (exact) mass is 530 g/mol. The van der Waals surface area contributed by atoms with Crippen LogP contribution in [0.5, 0.6) is 0 Å². The zero-order chi connectivity index (χ0) is 27.7. The van der Waals surface area contributed by atoms with Crippen LogP contribution >= 0.6 is 0 Å². The number of piperidine rings is 1. The summed E-state index contributed by atoms with van der Waals surface area (Å²) in [5.41, 5.74) is 1.12. The minimum atomic E-state index is -4.48. The maximum atomic E-state index is 13.7. The number of hydrogen-bond acceptors (Lipinski definition) is 5. The second-order valence-electron chi connectivity index (χ2n) is 11.6. The predicted octanol–water partition coefficient (Wildman–Crippen LogP) is 6.07. The van der Waals surface area contributed by atoms with E-state index in [2.05, 4.69) is 4.90 Å². The highest BCUT2D eigenvalue weighted by molar-refractivity contribution is 5.81. The van der Waals surface area contributed by atoms with E-state index in [1.54, 1.807) is 13.0 Å². The van der Waals surface area contributed by atoms with Crippen LogP contribution in [0.4, 0.5) is 18.9 Å². The van der Waals surface area contributed by atoms with Crippen LogP contribution in [0, 0.1) is 11.8 Å². The molecule has 8 heteroatoms. The second-order valence-corrected chi connectivity index (χ2v) is 11.6. The van der Waals surface area contributed by atoms with Crippen LogP contribution in [-0.4, -0.2) is 48.4 Å². The van der Waals surface area contributed by atoms with Gasteiger partial charge >= 0.3 is 12.1 Å². The maximum Gasteiger partial charge on any atom is 0.416 e. The Balaban J connectivity index is 1.60. The smallest absolute Gasteiger partial charge is 0.416 e. The van der Waals surface area contributed by atoms with E-state index in [0.717, 1.165) is 17.2 Å². The Bertz CT molecular complexity index is 1140. The van der Waals surface area contributed by atoms with Gasteiger partial charge in [-0.05, 0) is 63.8 Å². The van der Waals surface area contributed by atoms with E-state index in [-0.39, 0.29) is 29.5 Å². The number of anilines is 1. The molecule has 0 N–H and O–H groups in total. The van der Waals surface area contributed by atoms with Gasteiger partial charge in [0, 0.05) is 50.2 Å². The number of Topliss-reactive ketones (excluding diaryl/α,β-unsaturated/α-hetero) is 1. The van der Waals surface area contributed by atoms with Crippen molar-refractivity contribution in [2.45, 2.75) is 64.8 Å². The zero-order valence-electron chi connectivity index (χ0n) is 22.6. The first kappa shape index (κ1) is 28.1. The van der Waals surface area contributed by atoms with Gasteiger partial charge in [-0.2, -0.15) is 13.2 Å². The highest BCUT2D eigenvalue weighted by Gasteiger charge is 2.40. The summed E-state index contributed by atoms with van der Waals surface area (Å²) in [7, 11) is 0. The van der Waals surface area contributed by atoms with Crippen LogP contribution in [0.15, 0.2) is 48.5 Å². The van der Waals surface area contributed by atoms with E-state index in [9.17, 15) is 22.8 Å². The Morgan fingerprint density at radius 2 is 1.63 bits per heavy atom. The van der Waals surface area contributed by atoms with Crippen molar-refractivity contribution >= 4 is 17.4 Å². The topological polar surface area (TPSA) is 49.9 Å². The van der Waals surface area contributed by atoms with Crippen molar-refractivity contribution in [1.82, 2.24) is 4.90 Å². The van der Waals surface area contributed by atoms with Gasteiger partial charge in [-0.1, -0.05) is 36.4 Å². The SMILES string of the molecule is CC(=O)C1CN(Cc2ccccc2)CC1c1ccc(C(F)(F)F)cc1N1CCC(C(=O)OC(C)(C)C)CC1. The molecule has 0 amide bonds. The van der Waals surface area contributed by atoms with Crippen LogP contribution < -0.4 is 4.90 Å². The molecule has 4 rings (SSSR count). The summed E-state index contributed by atoms with van der Waals surface area (Å²) in [4.78, 5) is 29.4. The number of alkyl halides is 3. The fourth-order valence-electron chi connectivity index (χ4n) is 5.63. The quantitative estimate of drug-likeness (QED) is 0.425. The standard InChI is InChI=1S/C30H37F3N2O3/c1-20(36)25-18-34(17-21-8-6-5-7-9-21)19-26(25)24-11-10-23(30(31,32)33)16-27(24)35-14-12-22(13-15-35)28(37)38-29(2,3)4/h5-11,16,22,25-26H,12-15,17-19H2,1-4H3. The molecule has 5 nitrogen and oxygen atoms in total. The van der Waals surface area contributed by atoms with Crippen molar-refractivity contribution in [3.05, 3.63) is 65.2 Å². The Hall–Kier alpha value is -2.87. The van der Waals surface area contributed by atoms with Gasteiger partial charge in [-0.3, -0.25) is 14.5 Å². The highest BCUT2D eigenvalue weighted by Crippen LogP contribution is 2.42. The Morgan fingerprint density at radius 1 is 0.974 bits per heavy atom. The average Bonchev–Trinajstić information content (AvgIpc) is 3.27. The number of ether oxygens (including phenoxy) is 1. The first-order valence-electron chi connectivity index (χ1n) is 13.3. The number of nitrogens with zero attached hydrogens (tertiary/aromatic N) is 2. The number of hydrogen-bond donors (Lipinski definition) is 0. The van der Waals surface area contributed by atoms with Crippen molar-refractivity contribution in [1.29, 1.82) is 0 Å². The van der Waals surface area contributed by atoms with Gasteiger partial charge in [0.25, 0.3) is 0 Å². The summed E-state index contributed by atoms with van der Waals surface area (Å²) in [5, 5.41) is 0. The van der Waals surface area contributed by atoms with Crippen LogP contribution in [0.2, 0.25) is 0 Å². The van der Waals surface area contributed by atoms with E-state index in [1.165, 1.54) is 6.07 Å². The third-order valence-electron chi connectivity index (χ3n) is 7.50. The van der Waals surface area contributed by atoms with Gasteiger partial charge in [-0.25, -0.2) is 0 Å². The largest absolute Gasteiger partial charge is 0.460 e. The Morgan fingerprint density at radius 3 is 2.21 bits per heavy atom. The number of rotatable bonds is 6. The lowest BCUT2D eigenvalue weighted by molar-refractivity contribution is -0.160. The molecule has 2 aliphatic heterocycles. The Kier molecular flexibility index (Phi) is 8.21. The summed E-state index contributed by atoms with van der Waals surface area (Å²) in [5.74, 6) is -1.01.